The molecule has 29 heavy (non-hydrogen) atoms. The summed E-state index contributed by atoms with van der Waals surface area (Å²) < 4.78 is 10.5. The van der Waals surface area contributed by atoms with Gasteiger partial charge in [-0.1, -0.05) is 18.2 Å². The fourth-order valence-electron chi connectivity index (χ4n) is 2.65. The number of thioether (sulfide) groups is 1. The Morgan fingerprint density at radius 2 is 1.83 bits per heavy atom. The second-order valence-corrected chi connectivity index (χ2v) is 7.62. The van der Waals surface area contributed by atoms with Crippen LogP contribution in [-0.4, -0.2) is 42.2 Å². The molecule has 1 fully saturated rings. The van der Waals surface area contributed by atoms with Crippen molar-refractivity contribution in [1.82, 2.24) is 4.90 Å². The van der Waals surface area contributed by atoms with E-state index in [-0.39, 0.29) is 12.0 Å². The number of benzene rings is 2. The molecule has 0 saturated carbocycles. The van der Waals surface area contributed by atoms with Crippen LogP contribution in [0.15, 0.2) is 58.4 Å². The molecule has 2 aromatic rings. The lowest BCUT2D eigenvalue weighted by molar-refractivity contribution is -0.121. The number of para-hydroxylation sites is 1. The van der Waals surface area contributed by atoms with E-state index in [9.17, 15) is 9.59 Å². The Morgan fingerprint density at radius 3 is 2.48 bits per heavy atom. The molecule has 1 saturated heterocycles. The van der Waals surface area contributed by atoms with Gasteiger partial charge in [0.15, 0.2) is 5.17 Å². The van der Waals surface area contributed by atoms with E-state index < -0.39 is 5.97 Å². The molecule has 0 spiro atoms. The van der Waals surface area contributed by atoms with Gasteiger partial charge < -0.3 is 9.47 Å². The minimum atomic E-state index is -0.403. The van der Waals surface area contributed by atoms with E-state index in [1.807, 2.05) is 44.2 Å². The van der Waals surface area contributed by atoms with Crippen LogP contribution in [0, 0.1) is 0 Å². The number of amides is 1. The predicted octanol–water partition coefficient (Wildman–Crippen LogP) is 4.49. The molecule has 1 heterocycles. The summed E-state index contributed by atoms with van der Waals surface area (Å²) in [5.74, 6) is 0.202. The topological polar surface area (TPSA) is 68.2 Å². The number of carbonyl (C=O) groups excluding carboxylic acids is 2. The molecule has 0 unspecified atom stereocenters. The molecule has 6 nitrogen and oxygen atoms in total. The van der Waals surface area contributed by atoms with Gasteiger partial charge in [0.1, 0.15) is 5.75 Å². The molecule has 7 heteroatoms. The van der Waals surface area contributed by atoms with E-state index in [1.54, 1.807) is 31.3 Å². The molecule has 0 aromatic heterocycles. The van der Waals surface area contributed by atoms with E-state index in [4.69, 9.17) is 9.47 Å². The Balaban J connectivity index is 1.85. The Labute approximate surface area is 174 Å². The molecule has 3 rings (SSSR count). The third kappa shape index (κ3) is 4.86. The summed E-state index contributed by atoms with van der Waals surface area (Å²) in [6, 6.07) is 14.3. The highest BCUT2D eigenvalue weighted by molar-refractivity contribution is 8.18. The molecule has 0 radical (unpaired) electrons. The average molecular weight is 410 g/mol. The molecule has 0 N–H and O–H groups in total. The molecule has 1 aliphatic rings. The summed E-state index contributed by atoms with van der Waals surface area (Å²) in [6.45, 7) is 3.92. The monoisotopic (exact) mass is 410 g/mol. The zero-order valence-electron chi connectivity index (χ0n) is 16.7. The first-order valence-electron chi connectivity index (χ1n) is 9.09. The third-order valence-corrected chi connectivity index (χ3v) is 5.15. The van der Waals surface area contributed by atoms with E-state index in [0.717, 1.165) is 11.3 Å². The Bertz CT molecular complexity index is 981. The summed E-state index contributed by atoms with van der Waals surface area (Å²) in [4.78, 5) is 30.8. The van der Waals surface area contributed by atoms with Crippen LogP contribution < -0.4 is 4.74 Å². The minimum Gasteiger partial charge on any atom is -0.490 e. The molecule has 1 amide bonds. The number of ether oxygens (including phenoxy) is 2. The van der Waals surface area contributed by atoms with E-state index in [2.05, 4.69) is 4.99 Å². The largest absolute Gasteiger partial charge is 0.490 e. The van der Waals surface area contributed by atoms with Gasteiger partial charge in [-0.15, -0.1) is 0 Å². The zero-order chi connectivity index (χ0) is 21.0. The van der Waals surface area contributed by atoms with Crippen molar-refractivity contribution in [2.45, 2.75) is 20.0 Å². The Morgan fingerprint density at radius 1 is 1.14 bits per heavy atom. The SMILES string of the molecule is COC(=O)c1ccc(N=C2S/C(=C/c3ccccc3OC(C)C)C(=O)N2C)cc1. The van der Waals surface area contributed by atoms with Gasteiger partial charge in [-0.2, -0.15) is 0 Å². The number of amidine groups is 1. The van der Waals surface area contributed by atoms with Gasteiger partial charge in [-0.3, -0.25) is 9.69 Å². The van der Waals surface area contributed by atoms with Crippen LogP contribution in [0.2, 0.25) is 0 Å². The molecule has 2 aromatic carbocycles. The number of hydrogen-bond donors (Lipinski definition) is 0. The smallest absolute Gasteiger partial charge is 0.337 e. The van der Waals surface area contributed by atoms with Crippen LogP contribution in [-0.2, 0) is 9.53 Å². The van der Waals surface area contributed by atoms with Crippen molar-refractivity contribution in [1.29, 1.82) is 0 Å². The van der Waals surface area contributed by atoms with Crippen molar-refractivity contribution >= 4 is 40.6 Å². The number of carbonyl (C=O) groups is 2. The van der Waals surface area contributed by atoms with Gasteiger partial charge >= 0.3 is 5.97 Å². The maximum atomic E-state index is 12.7. The highest BCUT2D eigenvalue weighted by Crippen LogP contribution is 2.34. The van der Waals surface area contributed by atoms with Crippen molar-refractivity contribution in [3.8, 4) is 5.75 Å². The molecule has 0 bridgehead atoms. The first-order valence-corrected chi connectivity index (χ1v) is 9.91. The maximum absolute atomic E-state index is 12.7. The fraction of sp³-hybridized carbons (Fsp3) is 0.227. The van der Waals surface area contributed by atoms with Gasteiger partial charge in [0.25, 0.3) is 5.91 Å². The highest BCUT2D eigenvalue weighted by Gasteiger charge is 2.30. The van der Waals surface area contributed by atoms with Gasteiger partial charge in [-0.25, -0.2) is 9.79 Å². The molecular formula is C22H22N2O4S. The van der Waals surface area contributed by atoms with Crippen molar-refractivity contribution < 1.29 is 19.1 Å². The number of aliphatic imine (C=N–C) groups is 1. The van der Waals surface area contributed by atoms with E-state index in [1.165, 1.54) is 23.8 Å². The minimum absolute atomic E-state index is 0.0363. The number of methoxy groups -OCH3 is 1. The van der Waals surface area contributed by atoms with Crippen molar-refractivity contribution in [2.75, 3.05) is 14.2 Å². The number of esters is 1. The Hall–Kier alpha value is -3.06. The number of nitrogens with zero attached hydrogens (tertiary/aromatic N) is 2. The number of likely N-dealkylation sites (N-methyl/N-ethyl adjacent to an activating group) is 1. The van der Waals surface area contributed by atoms with E-state index in [0.29, 0.717) is 21.3 Å². The van der Waals surface area contributed by atoms with Gasteiger partial charge in [0.2, 0.25) is 0 Å². The van der Waals surface area contributed by atoms with Crippen molar-refractivity contribution in [3.63, 3.8) is 0 Å². The third-order valence-electron chi connectivity index (χ3n) is 4.09. The van der Waals surface area contributed by atoms with Crippen molar-refractivity contribution in [2.24, 2.45) is 4.99 Å². The average Bonchev–Trinajstić information content (AvgIpc) is 2.97. The van der Waals surface area contributed by atoms with Gasteiger partial charge in [-0.05, 0) is 62.0 Å². The molecule has 1 aliphatic heterocycles. The second-order valence-electron chi connectivity index (χ2n) is 6.61. The summed E-state index contributed by atoms with van der Waals surface area (Å²) in [5, 5.41) is 0.564. The number of hydrogen-bond acceptors (Lipinski definition) is 6. The van der Waals surface area contributed by atoms with Crippen LogP contribution in [0.5, 0.6) is 5.75 Å². The quantitative estimate of drug-likeness (QED) is 0.536. The Kier molecular flexibility index (Phi) is 6.39. The standard InChI is InChI=1S/C22H22N2O4S/c1-14(2)28-18-8-6-5-7-16(18)13-19-20(25)24(3)22(29-19)23-17-11-9-15(10-12-17)21(26)27-4/h5-14H,1-4H3/b19-13+,23-22?. The van der Waals surface area contributed by atoms with Gasteiger partial charge in [0, 0.05) is 12.6 Å². The number of rotatable bonds is 5. The van der Waals surface area contributed by atoms with Crippen LogP contribution in [0.4, 0.5) is 5.69 Å². The van der Waals surface area contributed by atoms with Crippen LogP contribution in [0.25, 0.3) is 6.08 Å². The first-order chi connectivity index (χ1) is 13.9. The summed E-state index contributed by atoms with van der Waals surface area (Å²) in [5.41, 5.74) is 1.93. The zero-order valence-corrected chi connectivity index (χ0v) is 17.5. The van der Waals surface area contributed by atoms with Crippen molar-refractivity contribution in [3.05, 3.63) is 64.6 Å². The lowest BCUT2D eigenvalue weighted by Gasteiger charge is -2.12. The first kappa shape index (κ1) is 20.7. The molecule has 0 atom stereocenters. The predicted molar refractivity (Wildman–Crippen MR) is 115 cm³/mol. The second kappa shape index (κ2) is 8.96. The van der Waals surface area contributed by atoms with Crippen LogP contribution in [0.1, 0.15) is 29.8 Å². The molecule has 0 aliphatic carbocycles. The summed E-state index contributed by atoms with van der Waals surface area (Å²) in [6.07, 6.45) is 1.86. The molecular weight excluding hydrogens is 388 g/mol. The van der Waals surface area contributed by atoms with E-state index >= 15 is 0 Å². The highest BCUT2D eigenvalue weighted by atomic mass is 32.2. The van der Waals surface area contributed by atoms with Crippen LogP contribution >= 0.6 is 11.8 Å². The summed E-state index contributed by atoms with van der Waals surface area (Å²) in [7, 11) is 3.03. The lowest BCUT2D eigenvalue weighted by Crippen LogP contribution is -2.23. The molecule has 150 valence electrons. The normalized spacial score (nSPS) is 16.7. The fourth-order valence-corrected chi connectivity index (χ4v) is 3.63. The summed E-state index contributed by atoms with van der Waals surface area (Å²) >= 11 is 1.30. The lowest BCUT2D eigenvalue weighted by atomic mass is 10.2. The van der Waals surface area contributed by atoms with Crippen LogP contribution in [0.3, 0.4) is 0 Å². The van der Waals surface area contributed by atoms with Gasteiger partial charge in [0.05, 0.1) is 29.4 Å². The maximum Gasteiger partial charge on any atom is 0.337 e.